The first-order chi connectivity index (χ1) is 12.3. The van der Waals surface area contributed by atoms with Gasteiger partial charge in [0.25, 0.3) is 5.91 Å². The van der Waals surface area contributed by atoms with Crippen LogP contribution in [-0.2, 0) is 10.9 Å². The van der Waals surface area contributed by atoms with E-state index in [4.69, 9.17) is 0 Å². The molecule has 2 heterocycles. The Labute approximate surface area is 144 Å². The van der Waals surface area contributed by atoms with Gasteiger partial charge in [0.15, 0.2) is 5.65 Å². The van der Waals surface area contributed by atoms with Crippen LogP contribution in [0.25, 0.3) is 5.65 Å². The summed E-state index contributed by atoms with van der Waals surface area (Å²) in [6, 6.07) is 4.04. The number of esters is 1. The SMILES string of the molecule is COC(=O)c1cnn2cc(NC(=O)c3cccc(C(F)(F)F)c3)cnc12. The molecular formula is C16H11F3N4O3. The van der Waals surface area contributed by atoms with E-state index in [2.05, 4.69) is 20.1 Å². The van der Waals surface area contributed by atoms with Crippen molar-refractivity contribution in [3.8, 4) is 0 Å². The number of carbonyl (C=O) groups excluding carboxylic acids is 2. The molecule has 0 fully saturated rings. The Balaban J connectivity index is 1.85. The lowest BCUT2D eigenvalue weighted by molar-refractivity contribution is -0.137. The number of amides is 1. The van der Waals surface area contributed by atoms with Crippen LogP contribution >= 0.6 is 0 Å². The van der Waals surface area contributed by atoms with E-state index in [0.29, 0.717) is 0 Å². The molecule has 0 aliphatic carbocycles. The Morgan fingerprint density at radius 3 is 2.69 bits per heavy atom. The van der Waals surface area contributed by atoms with Crippen molar-refractivity contribution >= 4 is 23.2 Å². The number of aromatic nitrogens is 3. The smallest absolute Gasteiger partial charge is 0.416 e. The summed E-state index contributed by atoms with van der Waals surface area (Å²) in [5, 5.41) is 6.36. The van der Waals surface area contributed by atoms with Gasteiger partial charge in [0.2, 0.25) is 0 Å². The summed E-state index contributed by atoms with van der Waals surface area (Å²) < 4.78 is 44.1. The van der Waals surface area contributed by atoms with Gasteiger partial charge in [0.05, 0.1) is 37.0 Å². The molecule has 134 valence electrons. The van der Waals surface area contributed by atoms with Gasteiger partial charge in [-0.3, -0.25) is 4.79 Å². The van der Waals surface area contributed by atoms with Crippen molar-refractivity contribution in [3.05, 3.63) is 59.5 Å². The first-order valence-corrected chi connectivity index (χ1v) is 7.20. The van der Waals surface area contributed by atoms with Crippen LogP contribution in [0.15, 0.2) is 42.9 Å². The van der Waals surface area contributed by atoms with Crippen LogP contribution in [0, 0.1) is 0 Å². The van der Waals surface area contributed by atoms with Crippen LogP contribution < -0.4 is 5.32 Å². The Morgan fingerprint density at radius 2 is 2.00 bits per heavy atom. The summed E-state index contributed by atoms with van der Waals surface area (Å²) in [6.07, 6.45) is -0.655. The molecule has 3 rings (SSSR count). The molecule has 26 heavy (non-hydrogen) atoms. The lowest BCUT2D eigenvalue weighted by atomic mass is 10.1. The zero-order valence-corrected chi connectivity index (χ0v) is 13.2. The number of benzene rings is 1. The number of hydrogen-bond acceptors (Lipinski definition) is 5. The highest BCUT2D eigenvalue weighted by Crippen LogP contribution is 2.29. The lowest BCUT2D eigenvalue weighted by Gasteiger charge is -2.09. The van der Waals surface area contributed by atoms with E-state index in [-0.39, 0.29) is 22.5 Å². The summed E-state index contributed by atoms with van der Waals surface area (Å²) in [5.41, 5.74) is -0.527. The number of rotatable bonds is 3. The molecule has 2 aromatic heterocycles. The zero-order valence-electron chi connectivity index (χ0n) is 13.2. The van der Waals surface area contributed by atoms with Gasteiger partial charge >= 0.3 is 12.1 Å². The predicted molar refractivity (Wildman–Crippen MR) is 83.7 cm³/mol. The van der Waals surface area contributed by atoms with E-state index >= 15 is 0 Å². The standard InChI is InChI=1S/C16H11F3N4O3/c1-26-15(25)12-7-21-23-8-11(6-20-13(12)23)22-14(24)9-3-2-4-10(5-9)16(17,18)19/h2-8H,1H3,(H,22,24). The summed E-state index contributed by atoms with van der Waals surface area (Å²) in [4.78, 5) is 27.8. The molecule has 0 unspecified atom stereocenters. The first kappa shape index (κ1) is 17.4. The van der Waals surface area contributed by atoms with Crippen molar-refractivity contribution in [2.75, 3.05) is 12.4 Å². The van der Waals surface area contributed by atoms with Gasteiger partial charge in [-0.05, 0) is 18.2 Å². The molecule has 0 saturated carbocycles. The largest absolute Gasteiger partial charge is 0.465 e. The molecule has 0 atom stereocenters. The van der Waals surface area contributed by atoms with E-state index in [1.165, 1.54) is 36.3 Å². The number of carbonyl (C=O) groups is 2. The second-order valence-corrected chi connectivity index (χ2v) is 5.19. The molecule has 1 N–H and O–H groups in total. The van der Waals surface area contributed by atoms with Gasteiger partial charge in [-0.2, -0.15) is 18.3 Å². The minimum Gasteiger partial charge on any atom is -0.465 e. The van der Waals surface area contributed by atoms with Crippen LogP contribution in [0.5, 0.6) is 0 Å². The zero-order chi connectivity index (χ0) is 18.9. The van der Waals surface area contributed by atoms with Gasteiger partial charge < -0.3 is 10.1 Å². The van der Waals surface area contributed by atoms with E-state index < -0.39 is 23.6 Å². The highest BCUT2D eigenvalue weighted by molar-refractivity contribution is 6.04. The second-order valence-electron chi connectivity index (χ2n) is 5.19. The number of fused-ring (bicyclic) bond motifs is 1. The molecule has 1 aromatic carbocycles. The molecule has 0 saturated heterocycles. The highest BCUT2D eigenvalue weighted by atomic mass is 19.4. The number of nitrogens with one attached hydrogen (secondary N) is 1. The highest BCUT2D eigenvalue weighted by Gasteiger charge is 2.30. The Hall–Kier alpha value is -3.43. The molecule has 0 radical (unpaired) electrons. The van der Waals surface area contributed by atoms with Gasteiger partial charge in [-0.1, -0.05) is 6.07 Å². The molecular weight excluding hydrogens is 353 g/mol. The maximum Gasteiger partial charge on any atom is 0.416 e. The number of ether oxygens (including phenoxy) is 1. The van der Waals surface area contributed by atoms with Crippen LogP contribution in [0.2, 0.25) is 0 Å². The van der Waals surface area contributed by atoms with Crippen molar-refractivity contribution in [1.29, 1.82) is 0 Å². The van der Waals surface area contributed by atoms with Crippen molar-refractivity contribution in [2.45, 2.75) is 6.18 Å². The average Bonchev–Trinajstić information content (AvgIpc) is 3.03. The van der Waals surface area contributed by atoms with E-state index in [1.807, 2.05) is 0 Å². The fourth-order valence-electron chi connectivity index (χ4n) is 2.23. The Kier molecular flexibility index (Phi) is 4.33. The van der Waals surface area contributed by atoms with Crippen molar-refractivity contribution < 1.29 is 27.5 Å². The summed E-state index contributed by atoms with van der Waals surface area (Å²) in [5.74, 6) is -1.36. The third-order valence-corrected chi connectivity index (χ3v) is 3.47. The first-order valence-electron chi connectivity index (χ1n) is 7.20. The minimum atomic E-state index is -4.55. The summed E-state index contributed by atoms with van der Waals surface area (Å²) in [7, 11) is 1.22. The Bertz CT molecular complexity index is 998. The molecule has 3 aromatic rings. The van der Waals surface area contributed by atoms with Crippen LogP contribution in [0.3, 0.4) is 0 Å². The van der Waals surface area contributed by atoms with E-state index in [1.54, 1.807) is 0 Å². The van der Waals surface area contributed by atoms with Gasteiger partial charge in [0.1, 0.15) is 5.56 Å². The van der Waals surface area contributed by atoms with Crippen LogP contribution in [0.4, 0.5) is 18.9 Å². The molecule has 1 amide bonds. The molecule has 10 heteroatoms. The predicted octanol–water partition coefficient (Wildman–Crippen LogP) is 2.79. The number of anilines is 1. The number of halogens is 3. The van der Waals surface area contributed by atoms with Crippen molar-refractivity contribution in [3.63, 3.8) is 0 Å². The quantitative estimate of drug-likeness (QED) is 0.723. The van der Waals surface area contributed by atoms with Gasteiger partial charge in [0, 0.05) is 5.56 Å². The van der Waals surface area contributed by atoms with Crippen LogP contribution in [-0.4, -0.2) is 33.6 Å². The fraction of sp³-hybridized carbons (Fsp3) is 0.125. The van der Waals surface area contributed by atoms with E-state index in [0.717, 1.165) is 18.2 Å². The average molecular weight is 364 g/mol. The third kappa shape index (κ3) is 3.34. The minimum absolute atomic E-state index is 0.142. The van der Waals surface area contributed by atoms with Crippen LogP contribution in [0.1, 0.15) is 26.3 Å². The molecule has 0 spiro atoms. The molecule has 7 nitrogen and oxygen atoms in total. The van der Waals surface area contributed by atoms with Crippen molar-refractivity contribution in [2.24, 2.45) is 0 Å². The van der Waals surface area contributed by atoms with Gasteiger partial charge in [-0.25, -0.2) is 14.3 Å². The van der Waals surface area contributed by atoms with E-state index in [9.17, 15) is 22.8 Å². The normalized spacial score (nSPS) is 11.4. The molecule has 0 aliphatic rings. The van der Waals surface area contributed by atoms with Gasteiger partial charge in [-0.15, -0.1) is 0 Å². The maximum atomic E-state index is 12.7. The number of methoxy groups -OCH3 is 1. The topological polar surface area (TPSA) is 85.6 Å². The third-order valence-electron chi connectivity index (χ3n) is 3.47. The monoisotopic (exact) mass is 364 g/mol. The fourth-order valence-corrected chi connectivity index (χ4v) is 2.23. The lowest BCUT2D eigenvalue weighted by Crippen LogP contribution is -2.14. The molecule has 0 aliphatic heterocycles. The maximum absolute atomic E-state index is 12.7. The number of hydrogen-bond donors (Lipinski definition) is 1. The Morgan fingerprint density at radius 1 is 1.23 bits per heavy atom. The number of alkyl halides is 3. The second kappa shape index (κ2) is 6.47. The summed E-state index contributed by atoms with van der Waals surface area (Å²) >= 11 is 0. The number of nitrogens with zero attached hydrogens (tertiary/aromatic N) is 3. The summed E-state index contributed by atoms with van der Waals surface area (Å²) in [6.45, 7) is 0. The van der Waals surface area contributed by atoms with Crippen molar-refractivity contribution in [1.82, 2.24) is 14.6 Å². The molecule has 0 bridgehead atoms.